The lowest BCUT2D eigenvalue weighted by atomic mass is 10.1. The van der Waals surface area contributed by atoms with Crippen molar-refractivity contribution in [3.05, 3.63) is 59.8 Å². The van der Waals surface area contributed by atoms with Crippen LogP contribution in [0.15, 0.2) is 58.5 Å². The van der Waals surface area contributed by atoms with Gasteiger partial charge in [0, 0.05) is 17.1 Å². The second kappa shape index (κ2) is 5.59. The topological polar surface area (TPSA) is 76.0 Å². The van der Waals surface area contributed by atoms with Crippen molar-refractivity contribution < 1.29 is 8.42 Å². The maximum atomic E-state index is 12.7. The summed E-state index contributed by atoms with van der Waals surface area (Å²) in [6, 6.07) is 12.1. The number of hydrogen-bond donors (Lipinski definition) is 2. The molecule has 0 radical (unpaired) electrons. The third-order valence-electron chi connectivity index (χ3n) is 3.79. The maximum Gasteiger partial charge on any atom is 0.206 e. The van der Waals surface area contributed by atoms with Gasteiger partial charge in [-0.05, 0) is 55.8 Å². The molecule has 114 valence electrons. The van der Waals surface area contributed by atoms with E-state index in [0.29, 0.717) is 22.8 Å². The molecule has 0 saturated heterocycles. The summed E-state index contributed by atoms with van der Waals surface area (Å²) in [4.78, 5) is 3.77. The molecular formula is C17H18N2O2S. The van der Waals surface area contributed by atoms with Gasteiger partial charge in [0.2, 0.25) is 9.84 Å². The van der Waals surface area contributed by atoms with Gasteiger partial charge in [-0.15, -0.1) is 0 Å². The van der Waals surface area contributed by atoms with Crippen LogP contribution in [0.4, 0.5) is 0 Å². The van der Waals surface area contributed by atoms with Crippen LogP contribution >= 0.6 is 0 Å². The molecule has 0 spiro atoms. The zero-order valence-corrected chi connectivity index (χ0v) is 13.2. The van der Waals surface area contributed by atoms with E-state index < -0.39 is 9.84 Å². The Morgan fingerprint density at radius 3 is 2.41 bits per heavy atom. The first-order valence-electron chi connectivity index (χ1n) is 7.14. The van der Waals surface area contributed by atoms with E-state index in [0.717, 1.165) is 22.0 Å². The molecule has 0 atom stereocenters. The third-order valence-corrected chi connectivity index (χ3v) is 5.56. The van der Waals surface area contributed by atoms with E-state index in [2.05, 4.69) is 4.98 Å². The molecule has 0 aliphatic rings. The summed E-state index contributed by atoms with van der Waals surface area (Å²) in [6.45, 7) is 2.46. The first-order valence-corrected chi connectivity index (χ1v) is 8.62. The summed E-state index contributed by atoms with van der Waals surface area (Å²) in [7, 11) is -3.50. The second-order valence-corrected chi connectivity index (χ2v) is 7.33. The molecule has 0 amide bonds. The molecule has 3 aromatic rings. The van der Waals surface area contributed by atoms with Gasteiger partial charge in [0.1, 0.15) is 0 Å². The number of fused-ring (bicyclic) bond motifs is 1. The Bertz CT molecular complexity index is 909. The SMILES string of the molecule is Cc1ccc(S(=O)(=O)c2ccc3[nH]cc(CCN)c3c2)cc1. The summed E-state index contributed by atoms with van der Waals surface area (Å²) < 4.78 is 25.5. The lowest BCUT2D eigenvalue weighted by molar-refractivity contribution is 0.596. The number of nitrogens with one attached hydrogen (secondary N) is 1. The standard InChI is InChI=1S/C17H18N2O2S/c1-12-2-4-14(5-3-12)22(20,21)15-6-7-17-16(10-15)13(8-9-18)11-19-17/h2-7,10-11,19H,8-9,18H2,1H3. The van der Waals surface area contributed by atoms with Crippen molar-refractivity contribution in [2.24, 2.45) is 5.73 Å². The lowest BCUT2D eigenvalue weighted by Crippen LogP contribution is -2.03. The number of rotatable bonds is 4. The Morgan fingerprint density at radius 2 is 1.73 bits per heavy atom. The molecule has 1 aromatic heterocycles. The minimum Gasteiger partial charge on any atom is -0.361 e. The molecule has 2 aromatic carbocycles. The third kappa shape index (κ3) is 2.53. The quantitative estimate of drug-likeness (QED) is 0.777. The predicted molar refractivity (Wildman–Crippen MR) is 87.7 cm³/mol. The monoisotopic (exact) mass is 314 g/mol. The van der Waals surface area contributed by atoms with Crippen LogP contribution in [0.2, 0.25) is 0 Å². The number of benzene rings is 2. The van der Waals surface area contributed by atoms with Crippen molar-refractivity contribution in [3.63, 3.8) is 0 Å². The molecule has 22 heavy (non-hydrogen) atoms. The van der Waals surface area contributed by atoms with Crippen LogP contribution in [0.25, 0.3) is 10.9 Å². The van der Waals surface area contributed by atoms with Gasteiger partial charge in [0.25, 0.3) is 0 Å². The summed E-state index contributed by atoms with van der Waals surface area (Å²) in [5.41, 5.74) is 8.60. The number of aromatic amines is 1. The highest BCUT2D eigenvalue weighted by Crippen LogP contribution is 2.26. The van der Waals surface area contributed by atoms with Gasteiger partial charge in [-0.25, -0.2) is 8.42 Å². The van der Waals surface area contributed by atoms with E-state index in [1.165, 1.54) is 0 Å². The summed E-state index contributed by atoms with van der Waals surface area (Å²) in [5, 5.41) is 0.915. The van der Waals surface area contributed by atoms with Crippen LogP contribution in [0.3, 0.4) is 0 Å². The van der Waals surface area contributed by atoms with Crippen molar-refractivity contribution in [1.29, 1.82) is 0 Å². The van der Waals surface area contributed by atoms with Crippen LogP contribution in [0.5, 0.6) is 0 Å². The zero-order valence-electron chi connectivity index (χ0n) is 12.3. The van der Waals surface area contributed by atoms with Crippen LogP contribution in [-0.2, 0) is 16.3 Å². The number of H-pyrrole nitrogens is 1. The van der Waals surface area contributed by atoms with Gasteiger partial charge in [0.15, 0.2) is 0 Å². The van der Waals surface area contributed by atoms with E-state index in [9.17, 15) is 8.42 Å². The summed E-state index contributed by atoms with van der Waals surface area (Å²) in [6.07, 6.45) is 2.60. The first-order chi connectivity index (χ1) is 10.5. The molecule has 0 saturated carbocycles. The second-order valence-electron chi connectivity index (χ2n) is 5.38. The van der Waals surface area contributed by atoms with E-state index in [4.69, 9.17) is 5.73 Å². The van der Waals surface area contributed by atoms with E-state index in [1.807, 2.05) is 25.3 Å². The fraction of sp³-hybridized carbons (Fsp3) is 0.176. The van der Waals surface area contributed by atoms with Crippen molar-refractivity contribution in [3.8, 4) is 0 Å². The van der Waals surface area contributed by atoms with Gasteiger partial charge in [0.05, 0.1) is 9.79 Å². The lowest BCUT2D eigenvalue weighted by Gasteiger charge is -2.06. The van der Waals surface area contributed by atoms with Gasteiger partial charge >= 0.3 is 0 Å². The number of aromatic nitrogens is 1. The number of sulfone groups is 1. The smallest absolute Gasteiger partial charge is 0.206 e. The van der Waals surface area contributed by atoms with Crippen LogP contribution in [0, 0.1) is 6.92 Å². The highest BCUT2D eigenvalue weighted by atomic mass is 32.2. The normalized spacial score (nSPS) is 11.9. The zero-order chi connectivity index (χ0) is 15.7. The molecule has 3 rings (SSSR count). The van der Waals surface area contributed by atoms with Crippen molar-refractivity contribution in [2.45, 2.75) is 23.1 Å². The van der Waals surface area contributed by atoms with Gasteiger partial charge in [-0.2, -0.15) is 0 Å². The molecule has 1 heterocycles. The van der Waals surface area contributed by atoms with Crippen molar-refractivity contribution in [2.75, 3.05) is 6.54 Å². The van der Waals surface area contributed by atoms with E-state index in [-0.39, 0.29) is 0 Å². The van der Waals surface area contributed by atoms with Gasteiger partial charge in [-0.1, -0.05) is 17.7 Å². The number of hydrogen-bond acceptors (Lipinski definition) is 3. The van der Waals surface area contributed by atoms with E-state index >= 15 is 0 Å². The van der Waals surface area contributed by atoms with Gasteiger partial charge < -0.3 is 10.7 Å². The largest absolute Gasteiger partial charge is 0.361 e. The summed E-state index contributed by atoms with van der Waals surface area (Å²) in [5.74, 6) is 0. The molecule has 0 unspecified atom stereocenters. The molecule has 0 aliphatic heterocycles. The maximum absolute atomic E-state index is 12.7. The van der Waals surface area contributed by atoms with E-state index in [1.54, 1.807) is 30.3 Å². The minimum absolute atomic E-state index is 0.307. The Labute approximate surface area is 129 Å². The minimum atomic E-state index is -3.50. The first kappa shape index (κ1) is 14.8. The molecule has 0 aliphatic carbocycles. The fourth-order valence-corrected chi connectivity index (χ4v) is 3.83. The number of nitrogens with two attached hydrogens (primary N) is 1. The Morgan fingerprint density at radius 1 is 1.05 bits per heavy atom. The fourth-order valence-electron chi connectivity index (χ4n) is 2.54. The Kier molecular flexibility index (Phi) is 3.76. The molecule has 5 heteroatoms. The molecule has 0 fully saturated rings. The summed E-state index contributed by atoms with van der Waals surface area (Å²) >= 11 is 0. The predicted octanol–water partition coefficient (Wildman–Crippen LogP) is 2.81. The highest BCUT2D eigenvalue weighted by Gasteiger charge is 2.18. The average molecular weight is 314 g/mol. The van der Waals surface area contributed by atoms with Crippen molar-refractivity contribution in [1.82, 2.24) is 4.98 Å². The average Bonchev–Trinajstić information content (AvgIpc) is 2.91. The van der Waals surface area contributed by atoms with Crippen molar-refractivity contribution >= 4 is 20.7 Å². The van der Waals surface area contributed by atoms with Crippen LogP contribution < -0.4 is 5.73 Å². The van der Waals surface area contributed by atoms with Crippen LogP contribution in [-0.4, -0.2) is 19.9 Å². The molecule has 3 N–H and O–H groups in total. The Hall–Kier alpha value is -2.11. The van der Waals surface area contributed by atoms with Gasteiger partial charge in [-0.3, -0.25) is 0 Å². The highest BCUT2D eigenvalue weighted by molar-refractivity contribution is 7.91. The van der Waals surface area contributed by atoms with Crippen LogP contribution in [0.1, 0.15) is 11.1 Å². The molecule has 0 bridgehead atoms. The molecular weight excluding hydrogens is 296 g/mol. The Balaban J connectivity index is 2.12. The molecule has 4 nitrogen and oxygen atoms in total. The number of aryl methyl sites for hydroxylation is 1.